The molecular weight excluding hydrogens is 150 g/mol. The third-order valence-electron chi connectivity index (χ3n) is 1.29. The fourth-order valence-corrected chi connectivity index (χ4v) is 0.726. The summed E-state index contributed by atoms with van der Waals surface area (Å²) in [6.07, 6.45) is 2.64. The Morgan fingerprint density at radius 3 is 3.17 bits per heavy atom. The van der Waals surface area contributed by atoms with E-state index in [-0.39, 0.29) is 0 Å². The van der Waals surface area contributed by atoms with Crippen LogP contribution < -0.4 is 0 Å². The standard InChI is InChI=1S/C10H12NO/c1-2-8-12-11-9-10-6-4-3-5-7-10/h3-6,9H,2,8H2,1H3/b11-9+. The molecule has 0 saturated heterocycles. The van der Waals surface area contributed by atoms with Crippen LogP contribution in [-0.2, 0) is 4.84 Å². The van der Waals surface area contributed by atoms with E-state index in [4.69, 9.17) is 4.84 Å². The molecule has 0 bridgehead atoms. The smallest absolute Gasteiger partial charge is 0.116 e. The lowest BCUT2D eigenvalue weighted by molar-refractivity contribution is 0.146. The van der Waals surface area contributed by atoms with Crippen molar-refractivity contribution in [2.45, 2.75) is 13.3 Å². The van der Waals surface area contributed by atoms with E-state index in [1.54, 1.807) is 6.21 Å². The summed E-state index contributed by atoms with van der Waals surface area (Å²) in [6.45, 7) is 2.72. The van der Waals surface area contributed by atoms with Gasteiger partial charge in [-0.2, -0.15) is 0 Å². The molecule has 0 aromatic heterocycles. The maximum absolute atomic E-state index is 4.94. The second-order valence-electron chi connectivity index (χ2n) is 2.39. The zero-order valence-corrected chi connectivity index (χ0v) is 7.16. The van der Waals surface area contributed by atoms with Crippen molar-refractivity contribution < 1.29 is 4.84 Å². The molecule has 1 radical (unpaired) electrons. The van der Waals surface area contributed by atoms with Gasteiger partial charge in [-0.15, -0.1) is 0 Å². The summed E-state index contributed by atoms with van der Waals surface area (Å²) >= 11 is 0. The van der Waals surface area contributed by atoms with Crippen molar-refractivity contribution in [1.29, 1.82) is 0 Å². The maximum atomic E-state index is 4.94. The molecule has 0 atom stereocenters. The van der Waals surface area contributed by atoms with Crippen molar-refractivity contribution in [3.63, 3.8) is 0 Å². The first kappa shape index (κ1) is 8.78. The van der Waals surface area contributed by atoms with Crippen LogP contribution in [0.25, 0.3) is 0 Å². The quantitative estimate of drug-likeness (QED) is 0.378. The highest BCUT2D eigenvalue weighted by molar-refractivity contribution is 5.78. The molecule has 0 aliphatic rings. The van der Waals surface area contributed by atoms with Crippen molar-refractivity contribution in [2.24, 2.45) is 5.16 Å². The van der Waals surface area contributed by atoms with Crippen LogP contribution in [0.1, 0.15) is 18.9 Å². The Kier molecular flexibility index (Phi) is 3.92. The molecule has 63 valence electrons. The number of benzene rings is 1. The van der Waals surface area contributed by atoms with Crippen molar-refractivity contribution in [3.05, 3.63) is 35.9 Å². The third kappa shape index (κ3) is 3.19. The first-order valence-corrected chi connectivity index (χ1v) is 4.05. The van der Waals surface area contributed by atoms with Crippen LogP contribution in [-0.4, -0.2) is 12.8 Å². The van der Waals surface area contributed by atoms with Gasteiger partial charge < -0.3 is 4.84 Å². The largest absolute Gasteiger partial charge is 0.396 e. The fourth-order valence-electron chi connectivity index (χ4n) is 0.726. The van der Waals surface area contributed by atoms with Gasteiger partial charge in [0.25, 0.3) is 0 Å². The Balaban J connectivity index is 2.36. The summed E-state index contributed by atoms with van der Waals surface area (Å²) in [5.74, 6) is 0. The van der Waals surface area contributed by atoms with E-state index < -0.39 is 0 Å². The van der Waals surface area contributed by atoms with Gasteiger partial charge in [-0.1, -0.05) is 36.3 Å². The van der Waals surface area contributed by atoms with Crippen molar-refractivity contribution in [3.8, 4) is 0 Å². The summed E-state index contributed by atoms with van der Waals surface area (Å²) in [6, 6.07) is 10.7. The Bertz CT molecular complexity index is 231. The molecule has 1 aromatic rings. The molecule has 1 rings (SSSR count). The van der Waals surface area contributed by atoms with Crippen LogP contribution in [0.5, 0.6) is 0 Å². The summed E-state index contributed by atoms with van der Waals surface area (Å²) in [5, 5.41) is 3.78. The zero-order valence-electron chi connectivity index (χ0n) is 7.16. The van der Waals surface area contributed by atoms with Gasteiger partial charge in [0, 0.05) is 5.56 Å². The second kappa shape index (κ2) is 5.35. The molecule has 12 heavy (non-hydrogen) atoms. The lowest BCUT2D eigenvalue weighted by Crippen LogP contribution is -1.86. The highest BCUT2D eigenvalue weighted by Gasteiger charge is 1.83. The molecule has 0 saturated carbocycles. The van der Waals surface area contributed by atoms with Crippen molar-refractivity contribution >= 4 is 6.21 Å². The van der Waals surface area contributed by atoms with Crippen molar-refractivity contribution in [2.75, 3.05) is 6.61 Å². The van der Waals surface area contributed by atoms with Gasteiger partial charge >= 0.3 is 0 Å². The van der Waals surface area contributed by atoms with E-state index in [1.807, 2.05) is 31.2 Å². The van der Waals surface area contributed by atoms with Gasteiger partial charge in [-0.05, 0) is 12.5 Å². The monoisotopic (exact) mass is 162 g/mol. The molecule has 2 heteroatoms. The highest BCUT2D eigenvalue weighted by Crippen LogP contribution is 1.93. The molecule has 1 aromatic carbocycles. The molecule has 0 amide bonds. The predicted molar refractivity (Wildman–Crippen MR) is 49.1 cm³/mol. The average molecular weight is 162 g/mol. The van der Waals surface area contributed by atoms with Gasteiger partial charge in [-0.3, -0.25) is 0 Å². The maximum Gasteiger partial charge on any atom is 0.116 e. The van der Waals surface area contributed by atoms with Gasteiger partial charge in [0.2, 0.25) is 0 Å². The predicted octanol–water partition coefficient (Wildman–Crippen LogP) is 2.25. The Labute approximate surface area is 72.9 Å². The Hall–Kier alpha value is -1.31. The number of oxime groups is 1. The van der Waals surface area contributed by atoms with E-state index in [9.17, 15) is 0 Å². The van der Waals surface area contributed by atoms with Gasteiger partial charge in [-0.25, -0.2) is 0 Å². The van der Waals surface area contributed by atoms with E-state index in [0.717, 1.165) is 12.0 Å². The summed E-state index contributed by atoms with van der Waals surface area (Å²) in [5.41, 5.74) is 0.939. The van der Waals surface area contributed by atoms with Crippen LogP contribution in [0, 0.1) is 6.07 Å². The topological polar surface area (TPSA) is 21.6 Å². The van der Waals surface area contributed by atoms with Crippen LogP contribution in [0.3, 0.4) is 0 Å². The Morgan fingerprint density at radius 1 is 1.58 bits per heavy atom. The summed E-state index contributed by atoms with van der Waals surface area (Å²) in [4.78, 5) is 4.94. The highest BCUT2D eigenvalue weighted by atomic mass is 16.6. The number of hydrogen-bond donors (Lipinski definition) is 0. The van der Waals surface area contributed by atoms with Gasteiger partial charge in [0.05, 0.1) is 6.21 Å². The molecule has 0 spiro atoms. The second-order valence-corrected chi connectivity index (χ2v) is 2.39. The van der Waals surface area contributed by atoms with Crippen molar-refractivity contribution in [1.82, 2.24) is 0 Å². The first-order chi connectivity index (χ1) is 5.93. The number of hydrogen-bond acceptors (Lipinski definition) is 2. The molecule has 2 nitrogen and oxygen atoms in total. The summed E-state index contributed by atoms with van der Waals surface area (Å²) < 4.78 is 0. The first-order valence-electron chi connectivity index (χ1n) is 4.05. The van der Waals surface area contributed by atoms with E-state index >= 15 is 0 Å². The van der Waals surface area contributed by atoms with E-state index in [0.29, 0.717) is 6.61 Å². The zero-order chi connectivity index (χ0) is 8.65. The molecule has 0 unspecified atom stereocenters. The average Bonchev–Trinajstić information content (AvgIpc) is 2.14. The van der Waals surface area contributed by atoms with E-state index in [1.165, 1.54) is 0 Å². The number of nitrogens with zero attached hydrogens (tertiary/aromatic N) is 1. The Morgan fingerprint density at radius 2 is 2.50 bits per heavy atom. The van der Waals surface area contributed by atoms with Crippen LogP contribution in [0.15, 0.2) is 29.4 Å². The van der Waals surface area contributed by atoms with Gasteiger partial charge in [0.15, 0.2) is 0 Å². The van der Waals surface area contributed by atoms with Crippen LogP contribution in [0.4, 0.5) is 0 Å². The summed E-state index contributed by atoms with van der Waals surface area (Å²) in [7, 11) is 0. The normalized spacial score (nSPS) is 10.4. The lowest BCUT2D eigenvalue weighted by Gasteiger charge is -1.93. The van der Waals surface area contributed by atoms with Crippen LogP contribution in [0.2, 0.25) is 0 Å². The fraction of sp³-hybridized carbons (Fsp3) is 0.300. The molecule has 0 N–H and O–H groups in total. The van der Waals surface area contributed by atoms with Gasteiger partial charge in [0.1, 0.15) is 6.61 Å². The van der Waals surface area contributed by atoms with Crippen LogP contribution >= 0.6 is 0 Å². The SMILES string of the molecule is CCCO/N=C/c1[c]cccc1. The molecule has 0 heterocycles. The number of rotatable bonds is 4. The minimum Gasteiger partial charge on any atom is -0.396 e. The minimum absolute atomic E-state index is 0.670. The lowest BCUT2D eigenvalue weighted by atomic mass is 10.2. The third-order valence-corrected chi connectivity index (χ3v) is 1.29. The molecule has 0 aliphatic heterocycles. The molecule has 0 fully saturated rings. The molecule has 0 aliphatic carbocycles. The molecular formula is C10H12NO. The minimum atomic E-state index is 0.670. The van der Waals surface area contributed by atoms with E-state index in [2.05, 4.69) is 11.2 Å².